The van der Waals surface area contributed by atoms with Gasteiger partial charge in [-0.2, -0.15) is 5.10 Å². The average Bonchev–Trinajstić information content (AvgIpc) is 2.94. The van der Waals surface area contributed by atoms with Crippen LogP contribution in [0, 0.1) is 0 Å². The maximum absolute atomic E-state index is 12.3. The van der Waals surface area contributed by atoms with Gasteiger partial charge in [0.15, 0.2) is 0 Å². The molecule has 0 aromatic carbocycles. The van der Waals surface area contributed by atoms with Crippen LogP contribution in [0.5, 0.6) is 0 Å². The molecule has 1 saturated heterocycles. The maximum Gasteiger partial charge on any atom is 0.255 e. The molecular weight excluding hydrogens is 254 g/mol. The summed E-state index contributed by atoms with van der Waals surface area (Å²) < 4.78 is 1.90. The van der Waals surface area contributed by atoms with E-state index in [-0.39, 0.29) is 5.91 Å². The van der Waals surface area contributed by atoms with Gasteiger partial charge in [0.25, 0.3) is 5.91 Å². The van der Waals surface area contributed by atoms with Gasteiger partial charge < -0.3 is 10.6 Å². The number of nitrogen functional groups attached to an aromatic ring is 1. The molecule has 1 fully saturated rings. The number of likely N-dealkylation sites (tertiary alicyclic amines) is 1. The Bertz CT molecular complexity index is 587. The van der Waals surface area contributed by atoms with Crippen molar-refractivity contribution in [3.63, 3.8) is 0 Å². The average molecular weight is 271 g/mol. The number of amides is 1. The number of pyridine rings is 1. The number of aromatic nitrogens is 3. The van der Waals surface area contributed by atoms with Gasteiger partial charge in [0, 0.05) is 31.7 Å². The minimum absolute atomic E-state index is 0.0523. The molecule has 0 atom stereocenters. The zero-order valence-corrected chi connectivity index (χ0v) is 11.1. The summed E-state index contributed by atoms with van der Waals surface area (Å²) in [5.74, 6) is 0.593. The Labute approximate surface area is 117 Å². The number of carbonyl (C=O) groups is 1. The molecule has 1 amide bonds. The van der Waals surface area contributed by atoms with Crippen molar-refractivity contribution >= 4 is 11.7 Å². The molecule has 2 aromatic rings. The van der Waals surface area contributed by atoms with Crippen LogP contribution in [0.4, 0.5) is 5.82 Å². The van der Waals surface area contributed by atoms with Crippen LogP contribution in [0.25, 0.3) is 0 Å². The molecule has 3 rings (SSSR count). The van der Waals surface area contributed by atoms with Crippen LogP contribution >= 0.6 is 0 Å². The molecule has 3 heterocycles. The van der Waals surface area contributed by atoms with Gasteiger partial charge in [-0.1, -0.05) is 0 Å². The Kier molecular flexibility index (Phi) is 3.37. The highest BCUT2D eigenvalue weighted by Gasteiger charge is 2.24. The fourth-order valence-corrected chi connectivity index (χ4v) is 2.56. The van der Waals surface area contributed by atoms with Gasteiger partial charge >= 0.3 is 0 Å². The Morgan fingerprint density at radius 2 is 2.10 bits per heavy atom. The molecule has 2 aromatic heterocycles. The molecule has 6 heteroatoms. The smallest absolute Gasteiger partial charge is 0.255 e. The van der Waals surface area contributed by atoms with Gasteiger partial charge in [-0.3, -0.25) is 14.5 Å². The molecule has 0 radical (unpaired) electrons. The first-order valence-electron chi connectivity index (χ1n) is 6.74. The van der Waals surface area contributed by atoms with Crippen molar-refractivity contribution in [2.75, 3.05) is 18.8 Å². The predicted molar refractivity (Wildman–Crippen MR) is 75.1 cm³/mol. The third-order valence-corrected chi connectivity index (χ3v) is 3.66. The molecule has 0 bridgehead atoms. The molecule has 2 N–H and O–H groups in total. The van der Waals surface area contributed by atoms with Crippen molar-refractivity contribution in [2.24, 2.45) is 0 Å². The number of piperidine rings is 1. The maximum atomic E-state index is 12.3. The summed E-state index contributed by atoms with van der Waals surface area (Å²) in [4.78, 5) is 18.2. The van der Waals surface area contributed by atoms with Crippen LogP contribution in [0.1, 0.15) is 29.2 Å². The lowest BCUT2D eigenvalue weighted by Crippen LogP contribution is -2.39. The third kappa shape index (κ3) is 2.49. The summed E-state index contributed by atoms with van der Waals surface area (Å²) in [5, 5.41) is 4.24. The second-order valence-corrected chi connectivity index (χ2v) is 4.99. The van der Waals surface area contributed by atoms with E-state index in [1.54, 1.807) is 30.6 Å². The quantitative estimate of drug-likeness (QED) is 0.894. The van der Waals surface area contributed by atoms with E-state index < -0.39 is 0 Å². The molecule has 1 aliphatic heterocycles. The van der Waals surface area contributed by atoms with E-state index in [1.165, 1.54) is 0 Å². The SMILES string of the molecule is Nc1ccn(C2CCN(C(=O)c3cccnc3)CC2)n1. The molecule has 104 valence electrons. The van der Waals surface area contributed by atoms with E-state index in [9.17, 15) is 4.79 Å². The van der Waals surface area contributed by atoms with Gasteiger partial charge in [-0.05, 0) is 31.0 Å². The second kappa shape index (κ2) is 5.32. The third-order valence-electron chi connectivity index (χ3n) is 3.66. The summed E-state index contributed by atoms with van der Waals surface area (Å²) in [6.45, 7) is 1.47. The first-order valence-corrected chi connectivity index (χ1v) is 6.74. The highest BCUT2D eigenvalue weighted by molar-refractivity contribution is 5.93. The van der Waals surface area contributed by atoms with Crippen molar-refractivity contribution < 1.29 is 4.79 Å². The van der Waals surface area contributed by atoms with Crippen LogP contribution < -0.4 is 5.73 Å². The fourth-order valence-electron chi connectivity index (χ4n) is 2.56. The predicted octanol–water partition coefficient (Wildman–Crippen LogP) is 1.34. The van der Waals surface area contributed by atoms with Crippen molar-refractivity contribution in [3.05, 3.63) is 42.4 Å². The Morgan fingerprint density at radius 3 is 2.70 bits per heavy atom. The normalized spacial score (nSPS) is 16.3. The molecule has 0 saturated carbocycles. The molecule has 0 unspecified atom stereocenters. The van der Waals surface area contributed by atoms with Crippen molar-refractivity contribution in [1.82, 2.24) is 19.7 Å². The molecule has 0 aliphatic carbocycles. The van der Waals surface area contributed by atoms with Crippen LogP contribution in [0.2, 0.25) is 0 Å². The van der Waals surface area contributed by atoms with Gasteiger partial charge in [0.05, 0.1) is 11.6 Å². The van der Waals surface area contributed by atoms with E-state index in [0.29, 0.717) is 17.4 Å². The second-order valence-electron chi connectivity index (χ2n) is 4.99. The monoisotopic (exact) mass is 271 g/mol. The topological polar surface area (TPSA) is 77.0 Å². The number of hydrogen-bond acceptors (Lipinski definition) is 4. The Morgan fingerprint density at radius 1 is 1.30 bits per heavy atom. The summed E-state index contributed by atoms with van der Waals surface area (Å²) in [6.07, 6.45) is 6.98. The van der Waals surface area contributed by atoms with Crippen LogP contribution in [-0.4, -0.2) is 38.7 Å². The lowest BCUT2D eigenvalue weighted by molar-refractivity contribution is 0.0689. The highest BCUT2D eigenvalue weighted by atomic mass is 16.2. The molecule has 6 nitrogen and oxygen atoms in total. The highest BCUT2D eigenvalue weighted by Crippen LogP contribution is 2.23. The summed E-state index contributed by atoms with van der Waals surface area (Å²) in [5.41, 5.74) is 6.28. The molecule has 0 spiro atoms. The zero-order chi connectivity index (χ0) is 13.9. The van der Waals surface area contributed by atoms with E-state index in [2.05, 4.69) is 10.1 Å². The number of nitrogens with two attached hydrogens (primary N) is 1. The van der Waals surface area contributed by atoms with E-state index >= 15 is 0 Å². The first kappa shape index (κ1) is 12.7. The number of nitrogens with zero attached hydrogens (tertiary/aromatic N) is 4. The molecule has 20 heavy (non-hydrogen) atoms. The van der Waals surface area contributed by atoms with E-state index in [1.807, 2.05) is 15.8 Å². The zero-order valence-electron chi connectivity index (χ0n) is 11.1. The van der Waals surface area contributed by atoms with Crippen LogP contribution in [-0.2, 0) is 0 Å². The number of hydrogen-bond donors (Lipinski definition) is 1. The minimum Gasteiger partial charge on any atom is -0.382 e. The number of anilines is 1. The van der Waals surface area contributed by atoms with E-state index in [4.69, 9.17) is 5.73 Å². The molecule has 1 aliphatic rings. The minimum atomic E-state index is 0.0523. The van der Waals surface area contributed by atoms with Crippen molar-refractivity contribution in [2.45, 2.75) is 18.9 Å². The summed E-state index contributed by atoms with van der Waals surface area (Å²) in [7, 11) is 0. The van der Waals surface area contributed by atoms with Crippen LogP contribution in [0.15, 0.2) is 36.8 Å². The lowest BCUT2D eigenvalue weighted by Gasteiger charge is -2.32. The van der Waals surface area contributed by atoms with Gasteiger partial charge in [0.1, 0.15) is 5.82 Å². The van der Waals surface area contributed by atoms with E-state index in [0.717, 1.165) is 25.9 Å². The van der Waals surface area contributed by atoms with Gasteiger partial charge in [-0.25, -0.2) is 0 Å². The number of rotatable bonds is 2. The number of carbonyl (C=O) groups excluding carboxylic acids is 1. The largest absolute Gasteiger partial charge is 0.382 e. The lowest BCUT2D eigenvalue weighted by atomic mass is 10.0. The van der Waals surface area contributed by atoms with Gasteiger partial charge in [-0.15, -0.1) is 0 Å². The fraction of sp³-hybridized carbons (Fsp3) is 0.357. The van der Waals surface area contributed by atoms with Crippen molar-refractivity contribution in [1.29, 1.82) is 0 Å². The molecular formula is C14H17N5O. The first-order chi connectivity index (χ1) is 9.74. The van der Waals surface area contributed by atoms with Crippen molar-refractivity contribution in [3.8, 4) is 0 Å². The summed E-state index contributed by atoms with van der Waals surface area (Å²) >= 11 is 0. The van der Waals surface area contributed by atoms with Gasteiger partial charge in [0.2, 0.25) is 0 Å². The Balaban J connectivity index is 1.63. The Hall–Kier alpha value is -2.37. The van der Waals surface area contributed by atoms with Crippen LogP contribution in [0.3, 0.4) is 0 Å². The standard InChI is InChI=1S/C14H17N5O/c15-13-5-9-19(17-13)12-3-7-18(8-4-12)14(20)11-2-1-6-16-10-11/h1-2,5-6,9-10,12H,3-4,7-8H2,(H2,15,17). The summed E-state index contributed by atoms with van der Waals surface area (Å²) in [6, 6.07) is 5.71.